The minimum Gasteiger partial charge on any atom is -0.345 e. The van der Waals surface area contributed by atoms with Gasteiger partial charge in [-0.15, -0.1) is 0 Å². The van der Waals surface area contributed by atoms with Crippen LogP contribution < -0.4 is 0 Å². The first-order chi connectivity index (χ1) is 6.93. The van der Waals surface area contributed by atoms with E-state index >= 15 is 0 Å². The second kappa shape index (κ2) is 4.29. The summed E-state index contributed by atoms with van der Waals surface area (Å²) in [5.41, 5.74) is 3.03. The Kier molecular flexibility index (Phi) is 3.29. The number of carbonyl (C=O) groups excluding carboxylic acids is 1. The van der Waals surface area contributed by atoms with Crippen LogP contribution in [0.1, 0.15) is 17.0 Å². The summed E-state index contributed by atoms with van der Waals surface area (Å²) in [6, 6.07) is 0. The highest BCUT2D eigenvalue weighted by molar-refractivity contribution is 5.91. The highest BCUT2D eigenvalue weighted by Gasteiger charge is 2.06. The summed E-state index contributed by atoms with van der Waals surface area (Å²) in [6.07, 6.45) is 3.39. The molecule has 0 saturated carbocycles. The molecule has 0 bridgehead atoms. The lowest BCUT2D eigenvalue weighted by molar-refractivity contribution is -0.123. The average molecular weight is 207 g/mol. The number of hydrogen-bond acceptors (Lipinski definition) is 2. The predicted octanol–water partition coefficient (Wildman–Crippen LogP) is 1.14. The Labute approximate surface area is 90.2 Å². The van der Waals surface area contributed by atoms with Gasteiger partial charge in [0.25, 0.3) is 0 Å². The van der Waals surface area contributed by atoms with E-state index in [1.807, 2.05) is 31.7 Å². The number of aryl methyl sites for hydroxylation is 2. The maximum Gasteiger partial charge on any atom is 0.246 e. The molecule has 0 aromatic carbocycles. The zero-order valence-electron chi connectivity index (χ0n) is 9.90. The number of hydrogen-bond donors (Lipinski definition) is 0. The van der Waals surface area contributed by atoms with Gasteiger partial charge in [-0.2, -0.15) is 5.10 Å². The third-order valence-corrected chi connectivity index (χ3v) is 2.40. The molecule has 0 aliphatic carbocycles. The van der Waals surface area contributed by atoms with Crippen LogP contribution in [0.5, 0.6) is 0 Å². The highest BCUT2D eigenvalue weighted by Crippen LogP contribution is 2.13. The lowest BCUT2D eigenvalue weighted by atomic mass is 10.2. The van der Waals surface area contributed by atoms with Crippen molar-refractivity contribution in [1.82, 2.24) is 14.7 Å². The van der Waals surface area contributed by atoms with Crippen molar-refractivity contribution in [3.63, 3.8) is 0 Å². The largest absolute Gasteiger partial charge is 0.345 e. The first-order valence-corrected chi connectivity index (χ1v) is 4.83. The van der Waals surface area contributed by atoms with Crippen LogP contribution in [0.3, 0.4) is 0 Å². The molecule has 1 heterocycles. The third kappa shape index (κ3) is 2.46. The Hall–Kier alpha value is -1.58. The molecule has 15 heavy (non-hydrogen) atoms. The first kappa shape index (κ1) is 11.5. The van der Waals surface area contributed by atoms with Crippen LogP contribution in [0.4, 0.5) is 0 Å². The minimum atomic E-state index is -0.0161. The maximum absolute atomic E-state index is 11.4. The molecule has 0 atom stereocenters. The Morgan fingerprint density at radius 2 is 2.00 bits per heavy atom. The molecule has 0 fully saturated rings. The molecule has 1 aromatic rings. The fourth-order valence-electron chi connectivity index (χ4n) is 1.33. The number of carbonyl (C=O) groups is 1. The second-order valence-corrected chi connectivity index (χ2v) is 3.77. The van der Waals surface area contributed by atoms with E-state index in [-0.39, 0.29) is 5.91 Å². The topological polar surface area (TPSA) is 38.1 Å². The third-order valence-electron chi connectivity index (χ3n) is 2.40. The van der Waals surface area contributed by atoms with Gasteiger partial charge in [-0.05, 0) is 19.9 Å². The van der Waals surface area contributed by atoms with Crippen molar-refractivity contribution >= 4 is 12.0 Å². The molecule has 1 rings (SSSR count). The van der Waals surface area contributed by atoms with Gasteiger partial charge in [-0.25, -0.2) is 0 Å². The molecule has 4 heteroatoms. The lowest BCUT2D eigenvalue weighted by Crippen LogP contribution is -2.18. The SMILES string of the molecule is Cc1nn(C)c(C)c1/C=C/C(=O)N(C)C. The molecular formula is C11H17N3O. The molecule has 0 N–H and O–H groups in total. The van der Waals surface area contributed by atoms with Crippen molar-refractivity contribution in [3.8, 4) is 0 Å². The summed E-state index contributed by atoms with van der Waals surface area (Å²) in [6.45, 7) is 3.92. The monoisotopic (exact) mass is 207 g/mol. The van der Waals surface area contributed by atoms with Crippen molar-refractivity contribution < 1.29 is 4.79 Å². The summed E-state index contributed by atoms with van der Waals surface area (Å²) in [5, 5.41) is 4.27. The van der Waals surface area contributed by atoms with Crippen LogP contribution in [0, 0.1) is 13.8 Å². The number of nitrogens with zero attached hydrogens (tertiary/aromatic N) is 3. The quantitative estimate of drug-likeness (QED) is 0.682. The van der Waals surface area contributed by atoms with Crippen molar-refractivity contribution in [2.75, 3.05) is 14.1 Å². The van der Waals surface area contributed by atoms with Crippen molar-refractivity contribution in [1.29, 1.82) is 0 Å². The molecular weight excluding hydrogens is 190 g/mol. The number of amides is 1. The van der Waals surface area contributed by atoms with E-state index in [1.165, 1.54) is 4.90 Å². The summed E-state index contributed by atoms with van der Waals surface area (Å²) in [5.74, 6) is -0.0161. The predicted molar refractivity (Wildman–Crippen MR) is 60.4 cm³/mol. The molecule has 0 unspecified atom stereocenters. The normalized spacial score (nSPS) is 11.0. The smallest absolute Gasteiger partial charge is 0.246 e. The Balaban J connectivity index is 2.94. The van der Waals surface area contributed by atoms with Gasteiger partial charge in [0.2, 0.25) is 5.91 Å². The average Bonchev–Trinajstić information content (AvgIpc) is 2.38. The van der Waals surface area contributed by atoms with Crippen molar-refractivity contribution in [3.05, 3.63) is 23.0 Å². The van der Waals surface area contributed by atoms with Crippen LogP contribution >= 0.6 is 0 Å². The van der Waals surface area contributed by atoms with E-state index in [0.29, 0.717) is 0 Å². The van der Waals surface area contributed by atoms with E-state index < -0.39 is 0 Å². The zero-order valence-corrected chi connectivity index (χ0v) is 9.90. The molecule has 0 aliphatic heterocycles. The Morgan fingerprint density at radius 3 is 2.40 bits per heavy atom. The van der Waals surface area contributed by atoms with Gasteiger partial charge >= 0.3 is 0 Å². The van der Waals surface area contributed by atoms with Crippen LogP contribution in [0.2, 0.25) is 0 Å². The molecule has 0 spiro atoms. The number of rotatable bonds is 2. The summed E-state index contributed by atoms with van der Waals surface area (Å²) < 4.78 is 1.81. The van der Waals surface area contributed by atoms with Crippen LogP contribution in [0.15, 0.2) is 6.08 Å². The van der Waals surface area contributed by atoms with Gasteiger partial charge in [-0.3, -0.25) is 9.48 Å². The van der Waals surface area contributed by atoms with Gasteiger partial charge in [0.05, 0.1) is 5.69 Å². The summed E-state index contributed by atoms with van der Waals surface area (Å²) in [4.78, 5) is 12.9. The zero-order chi connectivity index (χ0) is 11.6. The number of aromatic nitrogens is 2. The molecule has 0 saturated heterocycles. The molecule has 1 aromatic heterocycles. The lowest BCUT2D eigenvalue weighted by Gasteiger charge is -2.05. The fourth-order valence-corrected chi connectivity index (χ4v) is 1.33. The fraction of sp³-hybridized carbons (Fsp3) is 0.455. The molecule has 0 aliphatic rings. The van der Waals surface area contributed by atoms with Crippen molar-refractivity contribution in [2.45, 2.75) is 13.8 Å². The van der Waals surface area contributed by atoms with E-state index in [1.54, 1.807) is 20.2 Å². The minimum absolute atomic E-state index is 0.0161. The summed E-state index contributed by atoms with van der Waals surface area (Å²) >= 11 is 0. The Bertz CT molecular complexity index is 402. The molecule has 0 radical (unpaired) electrons. The number of likely N-dealkylation sites (N-methyl/N-ethyl adjacent to an activating group) is 1. The maximum atomic E-state index is 11.4. The standard InChI is InChI=1S/C11H17N3O/c1-8-10(9(2)14(5)12-8)6-7-11(15)13(3)4/h6-7H,1-5H3/b7-6+. The van der Waals surface area contributed by atoms with Gasteiger partial charge < -0.3 is 4.90 Å². The second-order valence-electron chi connectivity index (χ2n) is 3.77. The van der Waals surface area contributed by atoms with Gasteiger partial charge in [0.1, 0.15) is 0 Å². The van der Waals surface area contributed by atoms with E-state index in [9.17, 15) is 4.79 Å². The highest BCUT2D eigenvalue weighted by atomic mass is 16.2. The first-order valence-electron chi connectivity index (χ1n) is 4.83. The van der Waals surface area contributed by atoms with E-state index in [2.05, 4.69) is 5.10 Å². The van der Waals surface area contributed by atoms with Gasteiger partial charge in [0.15, 0.2) is 0 Å². The van der Waals surface area contributed by atoms with E-state index in [4.69, 9.17) is 0 Å². The Morgan fingerprint density at radius 1 is 1.40 bits per heavy atom. The molecule has 82 valence electrons. The van der Waals surface area contributed by atoms with Crippen molar-refractivity contribution in [2.24, 2.45) is 7.05 Å². The summed E-state index contributed by atoms with van der Waals surface area (Å²) in [7, 11) is 5.36. The van der Waals surface area contributed by atoms with Crippen LogP contribution in [-0.4, -0.2) is 34.7 Å². The molecule has 1 amide bonds. The van der Waals surface area contributed by atoms with Gasteiger partial charge in [-0.1, -0.05) is 0 Å². The van der Waals surface area contributed by atoms with E-state index in [0.717, 1.165) is 17.0 Å². The molecule has 4 nitrogen and oxygen atoms in total. The van der Waals surface area contributed by atoms with Gasteiger partial charge in [0, 0.05) is 38.5 Å². The van der Waals surface area contributed by atoms with Crippen LogP contribution in [-0.2, 0) is 11.8 Å². The van der Waals surface area contributed by atoms with Crippen LogP contribution in [0.25, 0.3) is 6.08 Å².